The highest BCUT2D eigenvalue weighted by atomic mass is 16.5. The molecular formula is C17H26N4O2. The maximum absolute atomic E-state index is 12.1. The van der Waals surface area contributed by atoms with E-state index in [1.165, 1.54) is 12.8 Å². The van der Waals surface area contributed by atoms with Crippen molar-refractivity contribution in [3.63, 3.8) is 0 Å². The zero-order valence-electron chi connectivity index (χ0n) is 13.9. The number of hydrogen-bond acceptors (Lipinski definition) is 5. The molecule has 3 rings (SSSR count). The number of rotatable bonds is 4. The molecule has 1 amide bonds. The molecule has 0 N–H and O–H groups in total. The molecule has 1 aromatic rings. The van der Waals surface area contributed by atoms with Gasteiger partial charge in [-0.1, -0.05) is 0 Å². The van der Waals surface area contributed by atoms with Crippen LogP contribution >= 0.6 is 0 Å². The molecule has 0 unspecified atom stereocenters. The number of carbonyl (C=O) groups is 1. The molecule has 0 atom stereocenters. The molecule has 0 bridgehead atoms. The first-order valence-corrected chi connectivity index (χ1v) is 8.51. The quantitative estimate of drug-likeness (QED) is 0.846. The van der Waals surface area contributed by atoms with Crippen LogP contribution in [0.25, 0.3) is 0 Å². The minimum Gasteiger partial charge on any atom is -0.384 e. The van der Waals surface area contributed by atoms with Gasteiger partial charge in [-0.25, -0.2) is 9.97 Å². The van der Waals surface area contributed by atoms with E-state index in [0.29, 0.717) is 18.4 Å². The summed E-state index contributed by atoms with van der Waals surface area (Å²) in [5, 5.41) is 0. The van der Waals surface area contributed by atoms with Gasteiger partial charge in [0, 0.05) is 45.7 Å². The van der Waals surface area contributed by atoms with Crippen molar-refractivity contribution in [1.29, 1.82) is 0 Å². The van der Waals surface area contributed by atoms with E-state index in [1.807, 2.05) is 11.0 Å². The molecule has 126 valence electrons. The van der Waals surface area contributed by atoms with Gasteiger partial charge in [0.1, 0.15) is 0 Å². The first-order valence-electron chi connectivity index (χ1n) is 8.51. The molecule has 0 radical (unpaired) electrons. The molecular weight excluding hydrogens is 292 g/mol. The predicted octanol–water partition coefficient (Wildman–Crippen LogP) is 1.72. The third kappa shape index (κ3) is 3.80. The molecule has 1 aromatic heterocycles. The lowest BCUT2D eigenvalue weighted by Gasteiger charge is -2.46. The highest BCUT2D eigenvalue weighted by Crippen LogP contribution is 2.41. The van der Waals surface area contributed by atoms with Crippen molar-refractivity contribution >= 4 is 11.9 Å². The summed E-state index contributed by atoms with van der Waals surface area (Å²) in [7, 11) is 1.64. The van der Waals surface area contributed by atoms with E-state index in [0.717, 1.165) is 45.0 Å². The van der Waals surface area contributed by atoms with Crippen molar-refractivity contribution in [3.8, 4) is 0 Å². The summed E-state index contributed by atoms with van der Waals surface area (Å²) < 4.78 is 5.00. The van der Waals surface area contributed by atoms with Crippen LogP contribution in [0.15, 0.2) is 18.5 Å². The van der Waals surface area contributed by atoms with Crippen LogP contribution in [0.2, 0.25) is 0 Å². The van der Waals surface area contributed by atoms with Crippen LogP contribution in [-0.4, -0.2) is 60.7 Å². The fourth-order valence-corrected chi connectivity index (χ4v) is 3.71. The standard InChI is InChI=1S/C17H26N4O2/c1-23-14-3-15(22)20-10-4-17(5-11-20)6-12-21(13-7-17)16-18-8-2-9-19-16/h2,8-9H,3-7,10-14H2,1H3. The molecule has 23 heavy (non-hydrogen) atoms. The van der Waals surface area contributed by atoms with Gasteiger partial charge in [-0.3, -0.25) is 4.79 Å². The summed E-state index contributed by atoms with van der Waals surface area (Å²) in [6.45, 7) is 4.34. The smallest absolute Gasteiger partial charge is 0.225 e. The van der Waals surface area contributed by atoms with Crippen LogP contribution in [-0.2, 0) is 9.53 Å². The van der Waals surface area contributed by atoms with E-state index in [9.17, 15) is 4.79 Å². The Kier molecular flexibility index (Phi) is 5.10. The summed E-state index contributed by atoms with van der Waals surface area (Å²) in [4.78, 5) is 25.1. The summed E-state index contributed by atoms with van der Waals surface area (Å²) in [6.07, 6.45) is 8.69. The summed E-state index contributed by atoms with van der Waals surface area (Å²) in [5.41, 5.74) is 0.406. The Morgan fingerprint density at radius 3 is 2.35 bits per heavy atom. The average Bonchev–Trinajstić information content (AvgIpc) is 2.62. The lowest BCUT2D eigenvalue weighted by Crippen LogP contribution is -2.48. The Balaban J connectivity index is 1.49. The normalized spacial score (nSPS) is 20.7. The third-order valence-corrected chi connectivity index (χ3v) is 5.36. The number of methoxy groups -OCH3 is 1. The van der Waals surface area contributed by atoms with Gasteiger partial charge >= 0.3 is 0 Å². The van der Waals surface area contributed by atoms with Gasteiger partial charge in [0.05, 0.1) is 13.0 Å². The highest BCUT2D eigenvalue weighted by Gasteiger charge is 2.38. The molecule has 0 saturated carbocycles. The van der Waals surface area contributed by atoms with Crippen molar-refractivity contribution in [2.24, 2.45) is 5.41 Å². The second kappa shape index (κ2) is 7.25. The molecule has 6 nitrogen and oxygen atoms in total. The number of piperidine rings is 2. The van der Waals surface area contributed by atoms with E-state index >= 15 is 0 Å². The summed E-state index contributed by atoms with van der Waals surface area (Å²) in [6, 6.07) is 1.85. The average molecular weight is 318 g/mol. The lowest BCUT2D eigenvalue weighted by molar-refractivity contribution is -0.134. The fourth-order valence-electron chi connectivity index (χ4n) is 3.71. The van der Waals surface area contributed by atoms with E-state index in [2.05, 4.69) is 14.9 Å². The largest absolute Gasteiger partial charge is 0.384 e. The molecule has 2 saturated heterocycles. The molecule has 1 spiro atoms. The van der Waals surface area contributed by atoms with E-state index in [4.69, 9.17) is 4.74 Å². The lowest BCUT2D eigenvalue weighted by atomic mass is 9.71. The number of nitrogens with zero attached hydrogens (tertiary/aromatic N) is 4. The number of likely N-dealkylation sites (tertiary alicyclic amines) is 1. The van der Waals surface area contributed by atoms with Crippen LogP contribution in [0, 0.1) is 5.41 Å². The number of anilines is 1. The van der Waals surface area contributed by atoms with Crippen molar-refractivity contribution in [2.75, 3.05) is 44.8 Å². The maximum atomic E-state index is 12.1. The summed E-state index contributed by atoms with van der Waals surface area (Å²) >= 11 is 0. The number of ether oxygens (including phenoxy) is 1. The van der Waals surface area contributed by atoms with Gasteiger partial charge in [0.2, 0.25) is 11.9 Å². The van der Waals surface area contributed by atoms with E-state index in [1.54, 1.807) is 19.5 Å². The van der Waals surface area contributed by atoms with Gasteiger partial charge in [-0.2, -0.15) is 0 Å². The van der Waals surface area contributed by atoms with Crippen LogP contribution in [0.3, 0.4) is 0 Å². The number of hydrogen-bond donors (Lipinski definition) is 0. The molecule has 2 aliphatic rings. The SMILES string of the molecule is COCCC(=O)N1CCC2(CC1)CCN(c1ncccn1)CC2. The van der Waals surface area contributed by atoms with E-state index in [-0.39, 0.29) is 5.91 Å². The van der Waals surface area contributed by atoms with Gasteiger partial charge in [-0.05, 0) is 37.2 Å². The Morgan fingerprint density at radius 2 is 1.74 bits per heavy atom. The van der Waals surface area contributed by atoms with Crippen LogP contribution in [0.1, 0.15) is 32.1 Å². The molecule has 2 aliphatic heterocycles. The first kappa shape index (κ1) is 16.2. The van der Waals surface area contributed by atoms with Crippen molar-refractivity contribution in [1.82, 2.24) is 14.9 Å². The van der Waals surface area contributed by atoms with Crippen LogP contribution in [0.5, 0.6) is 0 Å². The molecule has 2 fully saturated rings. The van der Waals surface area contributed by atoms with Crippen molar-refractivity contribution in [2.45, 2.75) is 32.1 Å². The zero-order valence-corrected chi connectivity index (χ0v) is 13.9. The Bertz CT molecular complexity index is 505. The third-order valence-electron chi connectivity index (χ3n) is 5.36. The van der Waals surface area contributed by atoms with Crippen LogP contribution < -0.4 is 4.90 Å². The monoisotopic (exact) mass is 318 g/mol. The summed E-state index contributed by atoms with van der Waals surface area (Å²) in [5.74, 6) is 1.08. The first-order chi connectivity index (χ1) is 11.2. The number of aromatic nitrogens is 2. The topological polar surface area (TPSA) is 58.6 Å². The molecule has 0 aromatic carbocycles. The van der Waals surface area contributed by atoms with Crippen molar-refractivity contribution in [3.05, 3.63) is 18.5 Å². The van der Waals surface area contributed by atoms with Crippen LogP contribution in [0.4, 0.5) is 5.95 Å². The second-order valence-electron chi connectivity index (χ2n) is 6.66. The highest BCUT2D eigenvalue weighted by molar-refractivity contribution is 5.76. The Labute approximate surface area is 137 Å². The maximum Gasteiger partial charge on any atom is 0.225 e. The number of amides is 1. The molecule has 3 heterocycles. The second-order valence-corrected chi connectivity index (χ2v) is 6.66. The van der Waals surface area contributed by atoms with Gasteiger partial charge in [0.25, 0.3) is 0 Å². The Hall–Kier alpha value is -1.69. The predicted molar refractivity (Wildman–Crippen MR) is 88.2 cm³/mol. The minimum atomic E-state index is 0.233. The Morgan fingerprint density at radius 1 is 1.13 bits per heavy atom. The molecule has 0 aliphatic carbocycles. The number of carbonyl (C=O) groups excluding carboxylic acids is 1. The van der Waals surface area contributed by atoms with Gasteiger partial charge in [0.15, 0.2) is 0 Å². The van der Waals surface area contributed by atoms with Gasteiger partial charge in [-0.15, -0.1) is 0 Å². The molecule has 6 heteroatoms. The fraction of sp³-hybridized carbons (Fsp3) is 0.706. The minimum absolute atomic E-state index is 0.233. The van der Waals surface area contributed by atoms with Crippen molar-refractivity contribution < 1.29 is 9.53 Å². The van der Waals surface area contributed by atoms with E-state index < -0.39 is 0 Å². The van der Waals surface area contributed by atoms with Gasteiger partial charge < -0.3 is 14.5 Å². The zero-order chi connectivity index (χ0) is 16.1.